The molecule has 0 radical (unpaired) electrons. The van der Waals surface area contributed by atoms with Gasteiger partial charge in [0.25, 0.3) is 5.91 Å². The molecule has 0 atom stereocenters. The standard InChI is InChI=1S/C20H22BrFN2O2S/c1-2-3-4-7-12-26-18-11-10-14(13-15(18)21)19(25)24-20(27)23-17-9-6-5-8-16(17)22/h5-6,8-11,13H,2-4,7,12H2,1H3,(H2,23,24,25,27). The van der Waals surface area contributed by atoms with E-state index >= 15 is 0 Å². The molecule has 0 spiro atoms. The summed E-state index contributed by atoms with van der Waals surface area (Å²) in [4.78, 5) is 12.3. The summed E-state index contributed by atoms with van der Waals surface area (Å²) >= 11 is 8.50. The van der Waals surface area contributed by atoms with Gasteiger partial charge in [0.05, 0.1) is 16.8 Å². The van der Waals surface area contributed by atoms with Crippen LogP contribution in [0.1, 0.15) is 43.0 Å². The molecule has 7 heteroatoms. The van der Waals surface area contributed by atoms with Crippen LogP contribution < -0.4 is 15.4 Å². The average Bonchev–Trinajstić information content (AvgIpc) is 2.64. The highest BCUT2D eigenvalue weighted by molar-refractivity contribution is 9.10. The first-order valence-corrected chi connectivity index (χ1v) is 10.0. The average molecular weight is 453 g/mol. The monoisotopic (exact) mass is 452 g/mol. The Balaban J connectivity index is 1.89. The first-order chi connectivity index (χ1) is 13.0. The third-order valence-corrected chi connectivity index (χ3v) is 4.62. The van der Waals surface area contributed by atoms with Crippen LogP contribution in [0.25, 0.3) is 0 Å². The molecule has 1 amide bonds. The molecule has 0 aliphatic carbocycles. The number of hydrogen-bond donors (Lipinski definition) is 2. The van der Waals surface area contributed by atoms with Crippen molar-refractivity contribution in [2.75, 3.05) is 11.9 Å². The molecule has 0 aromatic heterocycles. The summed E-state index contributed by atoms with van der Waals surface area (Å²) in [5.41, 5.74) is 0.619. The maximum absolute atomic E-state index is 13.6. The van der Waals surface area contributed by atoms with Gasteiger partial charge in [-0.25, -0.2) is 4.39 Å². The lowest BCUT2D eigenvalue weighted by Crippen LogP contribution is -2.34. The smallest absolute Gasteiger partial charge is 0.257 e. The van der Waals surface area contributed by atoms with Gasteiger partial charge in [-0.05, 0) is 64.9 Å². The predicted octanol–water partition coefficient (Wildman–Crippen LogP) is 5.67. The Hall–Kier alpha value is -1.99. The topological polar surface area (TPSA) is 50.4 Å². The molecule has 0 heterocycles. The van der Waals surface area contributed by atoms with E-state index in [1.54, 1.807) is 30.3 Å². The van der Waals surface area contributed by atoms with Gasteiger partial charge < -0.3 is 10.1 Å². The second-order valence-corrected chi connectivity index (χ2v) is 7.21. The summed E-state index contributed by atoms with van der Waals surface area (Å²) in [6.07, 6.45) is 4.52. The molecule has 2 aromatic carbocycles. The maximum atomic E-state index is 13.6. The summed E-state index contributed by atoms with van der Waals surface area (Å²) in [5, 5.41) is 5.23. The second-order valence-electron chi connectivity index (χ2n) is 5.94. The minimum Gasteiger partial charge on any atom is -0.492 e. The van der Waals surface area contributed by atoms with Crippen LogP contribution in [-0.2, 0) is 0 Å². The Kier molecular flexibility index (Phi) is 8.67. The summed E-state index contributed by atoms with van der Waals surface area (Å²) in [7, 11) is 0. The number of halogens is 2. The quantitative estimate of drug-likeness (QED) is 0.399. The van der Waals surface area contributed by atoms with Crippen LogP contribution in [0.4, 0.5) is 10.1 Å². The molecular formula is C20H22BrFN2O2S. The van der Waals surface area contributed by atoms with Gasteiger partial charge in [-0.2, -0.15) is 0 Å². The van der Waals surface area contributed by atoms with Gasteiger partial charge in [0.1, 0.15) is 11.6 Å². The summed E-state index contributed by atoms with van der Waals surface area (Å²) in [6, 6.07) is 11.2. The number of unbranched alkanes of at least 4 members (excludes halogenated alkanes) is 3. The lowest BCUT2D eigenvalue weighted by molar-refractivity contribution is 0.0977. The number of anilines is 1. The Bertz CT molecular complexity index is 801. The van der Waals surface area contributed by atoms with E-state index in [9.17, 15) is 9.18 Å². The van der Waals surface area contributed by atoms with Crippen molar-refractivity contribution in [1.82, 2.24) is 5.32 Å². The molecule has 2 rings (SSSR count). The molecule has 0 aliphatic heterocycles. The van der Waals surface area contributed by atoms with Crippen LogP contribution in [-0.4, -0.2) is 17.6 Å². The van der Waals surface area contributed by atoms with E-state index in [1.165, 1.54) is 25.0 Å². The lowest BCUT2D eigenvalue weighted by atomic mass is 10.2. The number of benzene rings is 2. The van der Waals surface area contributed by atoms with E-state index in [4.69, 9.17) is 17.0 Å². The predicted molar refractivity (Wildman–Crippen MR) is 114 cm³/mol. The molecule has 2 aromatic rings. The first-order valence-electron chi connectivity index (χ1n) is 8.80. The SMILES string of the molecule is CCCCCCOc1ccc(C(=O)NC(=S)Nc2ccccc2F)cc1Br. The fourth-order valence-corrected chi connectivity index (χ4v) is 3.06. The van der Waals surface area contributed by atoms with Crippen molar-refractivity contribution in [1.29, 1.82) is 0 Å². The van der Waals surface area contributed by atoms with Gasteiger partial charge in [-0.1, -0.05) is 38.3 Å². The minimum atomic E-state index is -0.447. The zero-order valence-electron chi connectivity index (χ0n) is 15.1. The Morgan fingerprint density at radius 2 is 1.96 bits per heavy atom. The van der Waals surface area contributed by atoms with E-state index in [0.29, 0.717) is 22.4 Å². The number of carbonyl (C=O) groups excluding carboxylic acids is 1. The Morgan fingerprint density at radius 1 is 1.19 bits per heavy atom. The molecular weight excluding hydrogens is 431 g/mol. The van der Waals surface area contributed by atoms with Crippen LogP contribution in [0, 0.1) is 5.82 Å². The van der Waals surface area contributed by atoms with Crippen LogP contribution in [0.3, 0.4) is 0 Å². The van der Waals surface area contributed by atoms with Crippen molar-refractivity contribution < 1.29 is 13.9 Å². The third kappa shape index (κ3) is 6.92. The van der Waals surface area contributed by atoms with E-state index in [2.05, 4.69) is 33.5 Å². The zero-order chi connectivity index (χ0) is 19.6. The van der Waals surface area contributed by atoms with Gasteiger partial charge in [-0.15, -0.1) is 0 Å². The zero-order valence-corrected chi connectivity index (χ0v) is 17.5. The third-order valence-electron chi connectivity index (χ3n) is 3.80. The van der Waals surface area contributed by atoms with Gasteiger partial charge in [0.15, 0.2) is 5.11 Å². The molecule has 27 heavy (non-hydrogen) atoms. The maximum Gasteiger partial charge on any atom is 0.257 e. The number of nitrogens with one attached hydrogen (secondary N) is 2. The summed E-state index contributed by atoms with van der Waals surface area (Å²) < 4.78 is 20.0. The molecule has 0 saturated carbocycles. The minimum absolute atomic E-state index is 0.0254. The van der Waals surface area contributed by atoms with Crippen LogP contribution in [0.2, 0.25) is 0 Å². The number of ether oxygens (including phenoxy) is 1. The van der Waals surface area contributed by atoms with E-state index < -0.39 is 5.82 Å². The van der Waals surface area contributed by atoms with E-state index in [1.807, 2.05) is 0 Å². The fourth-order valence-electron chi connectivity index (χ4n) is 2.36. The highest BCUT2D eigenvalue weighted by Crippen LogP contribution is 2.26. The molecule has 0 aliphatic rings. The van der Waals surface area contributed by atoms with Crippen molar-refractivity contribution in [3.05, 3.63) is 58.3 Å². The van der Waals surface area contributed by atoms with Crippen LogP contribution in [0.15, 0.2) is 46.9 Å². The van der Waals surface area contributed by atoms with Gasteiger partial charge in [-0.3, -0.25) is 10.1 Å². The molecule has 144 valence electrons. The van der Waals surface area contributed by atoms with Crippen molar-refractivity contribution in [2.45, 2.75) is 32.6 Å². The molecule has 0 saturated heterocycles. The molecule has 0 fully saturated rings. The molecule has 0 bridgehead atoms. The van der Waals surface area contributed by atoms with Crippen LogP contribution in [0.5, 0.6) is 5.75 Å². The summed E-state index contributed by atoms with van der Waals surface area (Å²) in [5.74, 6) is -0.147. The van der Waals surface area contributed by atoms with Gasteiger partial charge in [0.2, 0.25) is 0 Å². The van der Waals surface area contributed by atoms with Crippen molar-refractivity contribution in [2.24, 2.45) is 0 Å². The van der Waals surface area contributed by atoms with E-state index in [-0.39, 0.29) is 16.7 Å². The molecule has 0 unspecified atom stereocenters. The van der Waals surface area contributed by atoms with Gasteiger partial charge >= 0.3 is 0 Å². The number of rotatable bonds is 8. The summed E-state index contributed by atoms with van der Waals surface area (Å²) in [6.45, 7) is 2.81. The second kappa shape index (κ2) is 11.0. The number of carbonyl (C=O) groups is 1. The Morgan fingerprint density at radius 3 is 2.67 bits per heavy atom. The lowest BCUT2D eigenvalue weighted by Gasteiger charge is -2.12. The van der Waals surface area contributed by atoms with Crippen molar-refractivity contribution in [3.8, 4) is 5.75 Å². The number of amides is 1. The van der Waals surface area contributed by atoms with Crippen molar-refractivity contribution >= 4 is 44.9 Å². The highest BCUT2D eigenvalue weighted by atomic mass is 79.9. The number of hydrogen-bond acceptors (Lipinski definition) is 3. The molecule has 2 N–H and O–H groups in total. The van der Waals surface area contributed by atoms with Crippen LogP contribution >= 0.6 is 28.1 Å². The number of thiocarbonyl (C=S) groups is 1. The normalized spacial score (nSPS) is 10.3. The number of para-hydroxylation sites is 1. The largest absolute Gasteiger partial charge is 0.492 e. The Labute approximate surface area is 172 Å². The first kappa shape index (κ1) is 21.3. The highest BCUT2D eigenvalue weighted by Gasteiger charge is 2.12. The molecule has 4 nitrogen and oxygen atoms in total. The fraction of sp³-hybridized carbons (Fsp3) is 0.300. The van der Waals surface area contributed by atoms with Gasteiger partial charge in [0, 0.05) is 5.56 Å². The van der Waals surface area contributed by atoms with E-state index in [0.717, 1.165) is 12.8 Å². The van der Waals surface area contributed by atoms with Crippen molar-refractivity contribution in [3.63, 3.8) is 0 Å².